The van der Waals surface area contributed by atoms with Crippen molar-refractivity contribution in [3.05, 3.63) is 69.8 Å². The topological polar surface area (TPSA) is 88.0 Å². The van der Waals surface area contributed by atoms with Crippen LogP contribution in [-0.4, -0.2) is 60.5 Å². The molecule has 1 heterocycles. The second kappa shape index (κ2) is 9.99. The molecule has 2 aromatic rings. The van der Waals surface area contributed by atoms with E-state index in [4.69, 9.17) is 4.74 Å². The summed E-state index contributed by atoms with van der Waals surface area (Å²) >= 11 is 0. The predicted octanol–water partition coefficient (Wildman–Crippen LogP) is 2.04. The highest BCUT2D eigenvalue weighted by Gasteiger charge is 2.13. The zero-order valence-electron chi connectivity index (χ0n) is 16.5. The van der Waals surface area contributed by atoms with Crippen molar-refractivity contribution in [1.29, 1.82) is 0 Å². The van der Waals surface area contributed by atoms with Crippen molar-refractivity contribution in [3.63, 3.8) is 0 Å². The van der Waals surface area contributed by atoms with E-state index in [2.05, 4.69) is 34.3 Å². The molecule has 29 heavy (non-hydrogen) atoms. The van der Waals surface area contributed by atoms with Crippen molar-refractivity contribution in [2.75, 3.05) is 39.8 Å². The lowest BCUT2D eigenvalue weighted by Gasteiger charge is -2.32. The molecular weight excluding hydrogens is 372 g/mol. The zero-order chi connectivity index (χ0) is 20.6. The molecule has 8 nitrogen and oxygen atoms in total. The quantitative estimate of drug-likeness (QED) is 0.541. The molecule has 2 aromatic carbocycles. The Bertz CT molecular complexity index is 816. The van der Waals surface area contributed by atoms with Crippen LogP contribution in [0.15, 0.2) is 48.5 Å². The van der Waals surface area contributed by atoms with E-state index in [9.17, 15) is 14.9 Å². The number of hydrogen-bond donors (Lipinski definition) is 1. The van der Waals surface area contributed by atoms with Crippen LogP contribution in [0.4, 0.5) is 5.69 Å². The first kappa shape index (κ1) is 20.8. The Kier molecular flexibility index (Phi) is 7.15. The fraction of sp³-hybridized carbons (Fsp3) is 0.381. The molecule has 8 heteroatoms. The minimum Gasteiger partial charge on any atom is -0.484 e. The lowest BCUT2D eigenvalue weighted by molar-refractivity contribution is -0.384. The van der Waals surface area contributed by atoms with E-state index in [0.717, 1.165) is 38.3 Å². The van der Waals surface area contributed by atoms with Gasteiger partial charge in [-0.15, -0.1) is 0 Å². The van der Waals surface area contributed by atoms with E-state index in [-0.39, 0.29) is 18.2 Å². The summed E-state index contributed by atoms with van der Waals surface area (Å²) in [5.74, 6) is 0.170. The van der Waals surface area contributed by atoms with Crippen LogP contribution in [0, 0.1) is 10.1 Å². The molecule has 0 spiro atoms. The number of rotatable bonds is 8. The molecule has 0 radical (unpaired) electrons. The van der Waals surface area contributed by atoms with Crippen molar-refractivity contribution in [2.24, 2.45) is 0 Å². The minimum absolute atomic E-state index is 0.0159. The fourth-order valence-corrected chi connectivity index (χ4v) is 3.09. The predicted molar refractivity (Wildman–Crippen MR) is 110 cm³/mol. The van der Waals surface area contributed by atoms with Crippen molar-refractivity contribution in [3.8, 4) is 5.75 Å². The Balaban J connectivity index is 1.39. The van der Waals surface area contributed by atoms with Gasteiger partial charge in [-0.1, -0.05) is 24.3 Å². The average Bonchev–Trinajstić information content (AvgIpc) is 2.73. The summed E-state index contributed by atoms with van der Waals surface area (Å²) in [7, 11) is 2.15. The van der Waals surface area contributed by atoms with E-state index in [1.165, 1.54) is 29.8 Å². The van der Waals surface area contributed by atoms with Crippen molar-refractivity contribution in [2.45, 2.75) is 13.1 Å². The number of benzene rings is 2. The van der Waals surface area contributed by atoms with Crippen molar-refractivity contribution < 1.29 is 14.5 Å². The molecule has 1 amide bonds. The highest BCUT2D eigenvalue weighted by Crippen LogP contribution is 2.17. The number of ether oxygens (including phenoxy) is 1. The second-order valence-corrected chi connectivity index (χ2v) is 7.21. The minimum atomic E-state index is -0.479. The highest BCUT2D eigenvalue weighted by atomic mass is 16.6. The highest BCUT2D eigenvalue weighted by molar-refractivity contribution is 5.77. The van der Waals surface area contributed by atoms with Gasteiger partial charge < -0.3 is 15.0 Å². The summed E-state index contributed by atoms with van der Waals surface area (Å²) in [5, 5.41) is 13.4. The third-order valence-corrected chi connectivity index (χ3v) is 4.93. The number of carbonyl (C=O) groups is 1. The number of nitrogens with zero attached hydrogens (tertiary/aromatic N) is 3. The van der Waals surface area contributed by atoms with Crippen LogP contribution in [0.5, 0.6) is 5.75 Å². The van der Waals surface area contributed by atoms with Gasteiger partial charge in [0.15, 0.2) is 6.61 Å². The van der Waals surface area contributed by atoms with Crippen molar-refractivity contribution in [1.82, 2.24) is 15.1 Å². The van der Waals surface area contributed by atoms with E-state index < -0.39 is 4.92 Å². The number of piperazine rings is 1. The second-order valence-electron chi connectivity index (χ2n) is 7.21. The fourth-order valence-electron chi connectivity index (χ4n) is 3.09. The molecule has 154 valence electrons. The largest absolute Gasteiger partial charge is 0.484 e. The number of nitro groups is 1. The lowest BCUT2D eigenvalue weighted by atomic mass is 10.1. The first-order chi connectivity index (χ1) is 14.0. The van der Waals surface area contributed by atoms with Crippen LogP contribution in [0.25, 0.3) is 0 Å². The number of amides is 1. The van der Waals surface area contributed by atoms with Crippen molar-refractivity contribution >= 4 is 11.6 Å². The first-order valence-corrected chi connectivity index (χ1v) is 9.62. The van der Waals surface area contributed by atoms with Crippen LogP contribution < -0.4 is 10.1 Å². The molecule has 0 aromatic heterocycles. The number of likely N-dealkylation sites (N-methyl/N-ethyl adjacent to an activating group) is 1. The number of carbonyl (C=O) groups excluding carboxylic acids is 1. The molecule has 1 saturated heterocycles. The molecule has 1 aliphatic heterocycles. The standard InChI is InChI=1S/C21H26N4O4/c1-23-10-12-24(13-11-23)15-18-4-2-17(3-5-18)14-22-21(26)16-29-20-8-6-19(7-9-20)25(27)28/h2-9H,10-16H2,1H3,(H,22,26). The van der Waals surface area contributed by atoms with Gasteiger partial charge in [0, 0.05) is 51.4 Å². The normalized spacial score (nSPS) is 15.1. The van der Waals surface area contributed by atoms with Gasteiger partial charge in [0.25, 0.3) is 11.6 Å². The summed E-state index contributed by atoms with van der Waals surface area (Å²) < 4.78 is 5.36. The summed E-state index contributed by atoms with van der Waals surface area (Å²) in [4.78, 5) is 26.9. The number of non-ortho nitro benzene ring substituents is 1. The van der Waals surface area contributed by atoms with Gasteiger partial charge in [0.1, 0.15) is 5.75 Å². The maximum atomic E-state index is 12.0. The Morgan fingerprint density at radius 2 is 1.66 bits per heavy atom. The Morgan fingerprint density at radius 3 is 2.28 bits per heavy atom. The van der Waals surface area contributed by atoms with Gasteiger partial charge in [0.2, 0.25) is 0 Å². The molecule has 0 bridgehead atoms. The van der Waals surface area contributed by atoms with E-state index in [1.54, 1.807) is 0 Å². The van der Waals surface area contributed by atoms with Crippen LogP contribution in [-0.2, 0) is 17.9 Å². The van der Waals surface area contributed by atoms with Crippen LogP contribution in [0.1, 0.15) is 11.1 Å². The van der Waals surface area contributed by atoms with Gasteiger partial charge in [-0.2, -0.15) is 0 Å². The van der Waals surface area contributed by atoms with E-state index in [0.29, 0.717) is 12.3 Å². The number of nitro benzene ring substituents is 1. The van der Waals surface area contributed by atoms with E-state index >= 15 is 0 Å². The average molecular weight is 398 g/mol. The summed E-state index contributed by atoms with van der Waals surface area (Å²) in [5.41, 5.74) is 2.28. The Morgan fingerprint density at radius 1 is 1.03 bits per heavy atom. The van der Waals surface area contributed by atoms with Gasteiger partial charge in [0.05, 0.1) is 4.92 Å². The van der Waals surface area contributed by atoms with Gasteiger partial charge in [-0.3, -0.25) is 19.8 Å². The first-order valence-electron chi connectivity index (χ1n) is 9.62. The monoisotopic (exact) mass is 398 g/mol. The van der Waals surface area contributed by atoms with Gasteiger partial charge in [-0.25, -0.2) is 0 Å². The maximum absolute atomic E-state index is 12.0. The maximum Gasteiger partial charge on any atom is 0.269 e. The summed E-state index contributed by atoms with van der Waals surface area (Å²) in [6, 6.07) is 13.9. The molecule has 1 N–H and O–H groups in total. The number of nitrogens with one attached hydrogen (secondary N) is 1. The molecule has 0 atom stereocenters. The zero-order valence-corrected chi connectivity index (χ0v) is 16.5. The smallest absolute Gasteiger partial charge is 0.269 e. The number of hydrogen-bond acceptors (Lipinski definition) is 6. The third-order valence-electron chi connectivity index (χ3n) is 4.93. The lowest BCUT2D eigenvalue weighted by Crippen LogP contribution is -2.43. The third kappa shape index (κ3) is 6.55. The van der Waals surface area contributed by atoms with Crippen LogP contribution in [0.2, 0.25) is 0 Å². The van der Waals surface area contributed by atoms with Gasteiger partial charge in [-0.05, 0) is 30.3 Å². The Hall–Kier alpha value is -2.97. The van der Waals surface area contributed by atoms with Crippen LogP contribution >= 0.6 is 0 Å². The molecule has 0 aliphatic carbocycles. The summed E-state index contributed by atoms with van der Waals surface area (Å²) in [6.45, 7) is 5.62. The SMILES string of the molecule is CN1CCN(Cc2ccc(CNC(=O)COc3ccc([N+](=O)[O-])cc3)cc2)CC1. The van der Waals surface area contributed by atoms with E-state index in [1.807, 2.05) is 12.1 Å². The van der Waals surface area contributed by atoms with Crippen LogP contribution in [0.3, 0.4) is 0 Å². The van der Waals surface area contributed by atoms with Gasteiger partial charge >= 0.3 is 0 Å². The Labute approximate surface area is 170 Å². The molecule has 1 aliphatic rings. The molecule has 1 fully saturated rings. The molecule has 0 unspecified atom stereocenters. The molecule has 0 saturated carbocycles. The summed E-state index contributed by atoms with van der Waals surface area (Å²) in [6.07, 6.45) is 0. The molecule has 3 rings (SSSR count). The molecular formula is C21H26N4O4.